The van der Waals surface area contributed by atoms with Gasteiger partial charge in [0.25, 0.3) is 0 Å². The second-order valence-electron chi connectivity index (χ2n) is 6.88. The highest BCUT2D eigenvalue weighted by Gasteiger charge is 2.43. The first kappa shape index (κ1) is 16.0. The number of amides is 1. The summed E-state index contributed by atoms with van der Waals surface area (Å²) >= 11 is 3.48. The van der Waals surface area contributed by atoms with Crippen molar-refractivity contribution >= 4 is 21.8 Å². The van der Waals surface area contributed by atoms with Crippen LogP contribution in [0.2, 0.25) is 0 Å². The molecule has 2 saturated carbocycles. The van der Waals surface area contributed by atoms with Crippen LogP contribution < -0.4 is 11.1 Å². The van der Waals surface area contributed by atoms with Gasteiger partial charge in [0.05, 0.1) is 5.41 Å². The lowest BCUT2D eigenvalue weighted by Crippen LogP contribution is -2.48. The molecule has 3 N–H and O–H groups in total. The van der Waals surface area contributed by atoms with Crippen LogP contribution >= 0.6 is 15.9 Å². The fourth-order valence-corrected chi connectivity index (χ4v) is 4.25. The summed E-state index contributed by atoms with van der Waals surface area (Å²) in [5, 5.41) is 3.33. The predicted octanol–water partition coefficient (Wildman–Crippen LogP) is 3.65. The molecule has 3 rings (SSSR count). The fraction of sp³-hybridized carbons (Fsp3) is 0.611. The fourth-order valence-electron chi connectivity index (χ4n) is 3.98. The van der Waals surface area contributed by atoms with Crippen LogP contribution in [-0.4, -0.2) is 18.0 Å². The molecule has 22 heavy (non-hydrogen) atoms. The van der Waals surface area contributed by atoms with Crippen LogP contribution in [0.4, 0.5) is 0 Å². The summed E-state index contributed by atoms with van der Waals surface area (Å²) in [6.45, 7) is 0. The van der Waals surface area contributed by atoms with Gasteiger partial charge in [-0.15, -0.1) is 0 Å². The zero-order valence-corrected chi connectivity index (χ0v) is 14.6. The molecule has 120 valence electrons. The van der Waals surface area contributed by atoms with E-state index in [0.717, 1.165) is 55.8 Å². The Kier molecular flexibility index (Phi) is 4.88. The molecule has 0 unspecified atom stereocenters. The summed E-state index contributed by atoms with van der Waals surface area (Å²) in [5.41, 5.74) is 6.81. The lowest BCUT2D eigenvalue weighted by molar-refractivity contribution is -0.127. The number of nitrogens with one attached hydrogen (secondary N) is 1. The standard InChI is InChI=1S/C18H25BrN2O/c19-14-5-3-13(4-6-14)18(11-1-2-12-18)17(22)21-16-9-7-15(20)8-10-16/h3-6,15-16H,1-2,7-12,20H2,(H,21,22). The highest BCUT2D eigenvalue weighted by molar-refractivity contribution is 9.10. The Balaban J connectivity index is 1.75. The molecule has 0 radical (unpaired) electrons. The van der Waals surface area contributed by atoms with E-state index in [1.54, 1.807) is 0 Å². The molecule has 2 aliphatic rings. The maximum atomic E-state index is 13.0. The average Bonchev–Trinajstić information content (AvgIpc) is 3.01. The van der Waals surface area contributed by atoms with E-state index in [1.165, 1.54) is 5.56 Å². The van der Waals surface area contributed by atoms with Crippen LogP contribution in [0.3, 0.4) is 0 Å². The van der Waals surface area contributed by atoms with Gasteiger partial charge >= 0.3 is 0 Å². The molecule has 3 nitrogen and oxygen atoms in total. The lowest BCUT2D eigenvalue weighted by atomic mass is 9.77. The van der Waals surface area contributed by atoms with E-state index in [4.69, 9.17) is 5.73 Å². The van der Waals surface area contributed by atoms with Crippen molar-refractivity contribution in [2.45, 2.75) is 68.9 Å². The Morgan fingerprint density at radius 1 is 1.09 bits per heavy atom. The summed E-state index contributed by atoms with van der Waals surface area (Å²) in [7, 11) is 0. The monoisotopic (exact) mass is 364 g/mol. The van der Waals surface area contributed by atoms with Crippen molar-refractivity contribution in [2.24, 2.45) is 5.73 Å². The minimum atomic E-state index is -0.319. The van der Waals surface area contributed by atoms with Crippen molar-refractivity contribution in [1.82, 2.24) is 5.32 Å². The first-order valence-electron chi connectivity index (χ1n) is 8.43. The van der Waals surface area contributed by atoms with Crippen LogP contribution in [0.15, 0.2) is 28.7 Å². The maximum absolute atomic E-state index is 13.0. The number of halogens is 1. The lowest BCUT2D eigenvalue weighted by Gasteiger charge is -2.33. The number of carbonyl (C=O) groups excluding carboxylic acids is 1. The molecule has 0 saturated heterocycles. The number of hydrogen-bond acceptors (Lipinski definition) is 2. The van der Waals surface area contributed by atoms with Crippen molar-refractivity contribution in [3.05, 3.63) is 34.3 Å². The molecule has 0 atom stereocenters. The van der Waals surface area contributed by atoms with E-state index >= 15 is 0 Å². The second kappa shape index (κ2) is 6.71. The van der Waals surface area contributed by atoms with Gasteiger partial charge in [-0.2, -0.15) is 0 Å². The minimum Gasteiger partial charge on any atom is -0.353 e. The van der Waals surface area contributed by atoms with Gasteiger partial charge in [-0.3, -0.25) is 4.79 Å². The Hall–Kier alpha value is -0.870. The number of rotatable bonds is 3. The highest BCUT2D eigenvalue weighted by Crippen LogP contribution is 2.42. The number of nitrogens with two attached hydrogens (primary N) is 1. The van der Waals surface area contributed by atoms with Gasteiger partial charge in [0.15, 0.2) is 0 Å². The normalized spacial score (nSPS) is 27.5. The van der Waals surface area contributed by atoms with Crippen molar-refractivity contribution in [3.8, 4) is 0 Å². The van der Waals surface area contributed by atoms with Gasteiger partial charge in [0.2, 0.25) is 5.91 Å². The predicted molar refractivity (Wildman–Crippen MR) is 92.7 cm³/mol. The quantitative estimate of drug-likeness (QED) is 0.859. The topological polar surface area (TPSA) is 55.1 Å². The van der Waals surface area contributed by atoms with Crippen molar-refractivity contribution < 1.29 is 4.79 Å². The molecule has 4 heteroatoms. The summed E-state index contributed by atoms with van der Waals surface area (Å²) in [6.07, 6.45) is 8.29. The molecule has 0 heterocycles. The van der Waals surface area contributed by atoms with Gasteiger partial charge in [0, 0.05) is 16.6 Å². The van der Waals surface area contributed by atoms with Gasteiger partial charge in [-0.1, -0.05) is 40.9 Å². The van der Waals surface area contributed by atoms with E-state index in [-0.39, 0.29) is 11.3 Å². The number of hydrogen-bond donors (Lipinski definition) is 2. The van der Waals surface area contributed by atoms with E-state index in [9.17, 15) is 4.79 Å². The average molecular weight is 365 g/mol. The third-order valence-electron chi connectivity index (χ3n) is 5.40. The van der Waals surface area contributed by atoms with E-state index in [0.29, 0.717) is 12.1 Å². The molecule has 0 aliphatic heterocycles. The Morgan fingerprint density at radius 2 is 1.68 bits per heavy atom. The minimum absolute atomic E-state index is 0.229. The Bertz CT molecular complexity index is 514. The SMILES string of the molecule is NC1CCC(NC(=O)C2(c3ccc(Br)cc3)CCCC2)CC1. The highest BCUT2D eigenvalue weighted by atomic mass is 79.9. The molecule has 1 aromatic carbocycles. The molecule has 2 aliphatic carbocycles. The molecule has 1 aromatic rings. The zero-order chi connectivity index (χ0) is 15.6. The molecule has 0 aromatic heterocycles. The van der Waals surface area contributed by atoms with Crippen LogP contribution in [0.1, 0.15) is 56.9 Å². The van der Waals surface area contributed by atoms with E-state index < -0.39 is 0 Å². The molecule has 0 spiro atoms. The summed E-state index contributed by atoms with van der Waals surface area (Å²) < 4.78 is 1.06. The first-order chi connectivity index (χ1) is 10.6. The first-order valence-corrected chi connectivity index (χ1v) is 9.22. The van der Waals surface area contributed by atoms with Crippen LogP contribution in [0.25, 0.3) is 0 Å². The Labute approximate surface area is 141 Å². The van der Waals surface area contributed by atoms with Gasteiger partial charge in [0.1, 0.15) is 0 Å². The number of carbonyl (C=O) groups is 1. The molecule has 0 bridgehead atoms. The Morgan fingerprint density at radius 3 is 2.27 bits per heavy atom. The van der Waals surface area contributed by atoms with Gasteiger partial charge < -0.3 is 11.1 Å². The third-order valence-corrected chi connectivity index (χ3v) is 5.92. The molecular weight excluding hydrogens is 340 g/mol. The van der Waals surface area contributed by atoms with Crippen LogP contribution in [-0.2, 0) is 10.2 Å². The maximum Gasteiger partial charge on any atom is 0.230 e. The summed E-state index contributed by atoms with van der Waals surface area (Å²) in [4.78, 5) is 13.0. The van der Waals surface area contributed by atoms with Crippen LogP contribution in [0, 0.1) is 0 Å². The van der Waals surface area contributed by atoms with Gasteiger partial charge in [-0.25, -0.2) is 0 Å². The van der Waals surface area contributed by atoms with Crippen molar-refractivity contribution in [2.75, 3.05) is 0 Å². The van der Waals surface area contributed by atoms with Crippen molar-refractivity contribution in [1.29, 1.82) is 0 Å². The molecule has 1 amide bonds. The van der Waals surface area contributed by atoms with Gasteiger partial charge in [-0.05, 0) is 56.2 Å². The third kappa shape index (κ3) is 3.23. The summed E-state index contributed by atoms with van der Waals surface area (Å²) in [5.74, 6) is 0.229. The summed E-state index contributed by atoms with van der Waals surface area (Å²) in [6, 6.07) is 8.92. The second-order valence-corrected chi connectivity index (χ2v) is 7.80. The zero-order valence-electron chi connectivity index (χ0n) is 13.0. The largest absolute Gasteiger partial charge is 0.353 e. The van der Waals surface area contributed by atoms with E-state index in [2.05, 4.69) is 33.4 Å². The van der Waals surface area contributed by atoms with E-state index in [1.807, 2.05) is 12.1 Å². The number of benzene rings is 1. The molecular formula is C18H25BrN2O. The van der Waals surface area contributed by atoms with Crippen molar-refractivity contribution in [3.63, 3.8) is 0 Å². The smallest absolute Gasteiger partial charge is 0.230 e. The van der Waals surface area contributed by atoms with Crippen LogP contribution in [0.5, 0.6) is 0 Å². The molecule has 2 fully saturated rings.